The van der Waals surface area contributed by atoms with Gasteiger partial charge in [-0.1, -0.05) is 29.8 Å². The molecule has 0 radical (unpaired) electrons. The molecular formula is C16H16ClNO3. The number of carbonyl (C=O) groups excluding carboxylic acids is 1. The van der Waals surface area contributed by atoms with Crippen LogP contribution in [-0.2, 0) is 6.54 Å². The molecule has 0 aliphatic heterocycles. The maximum atomic E-state index is 12.1. The molecule has 21 heavy (non-hydrogen) atoms. The molecule has 0 saturated heterocycles. The lowest BCUT2D eigenvalue weighted by Gasteiger charge is -2.17. The summed E-state index contributed by atoms with van der Waals surface area (Å²) in [6, 6.07) is 11.4. The predicted molar refractivity (Wildman–Crippen MR) is 81.9 cm³/mol. The Morgan fingerprint density at radius 3 is 2.57 bits per heavy atom. The third kappa shape index (κ3) is 3.97. The fourth-order valence-electron chi connectivity index (χ4n) is 2.06. The molecule has 0 amide bonds. The van der Waals surface area contributed by atoms with E-state index in [0.29, 0.717) is 11.6 Å². The van der Waals surface area contributed by atoms with Crippen LogP contribution in [0.1, 0.15) is 15.9 Å². The SMILES string of the molecule is CN(CC(=O)c1ccc(O)cc1O)Cc1ccccc1Cl. The number of nitrogens with zero attached hydrogens (tertiary/aromatic N) is 1. The molecule has 110 valence electrons. The number of aromatic hydroxyl groups is 2. The zero-order valence-corrected chi connectivity index (χ0v) is 12.3. The summed E-state index contributed by atoms with van der Waals surface area (Å²) in [6.45, 7) is 0.674. The van der Waals surface area contributed by atoms with Crippen molar-refractivity contribution >= 4 is 17.4 Å². The van der Waals surface area contributed by atoms with Gasteiger partial charge in [0.25, 0.3) is 0 Å². The third-order valence-electron chi connectivity index (χ3n) is 3.09. The van der Waals surface area contributed by atoms with Gasteiger partial charge in [0, 0.05) is 17.6 Å². The number of phenolic OH excluding ortho intramolecular Hbond substituents is 2. The lowest BCUT2D eigenvalue weighted by atomic mass is 10.1. The maximum absolute atomic E-state index is 12.1. The Balaban J connectivity index is 2.04. The van der Waals surface area contributed by atoms with Gasteiger partial charge in [0.05, 0.1) is 12.1 Å². The summed E-state index contributed by atoms with van der Waals surface area (Å²) in [5.41, 5.74) is 1.13. The minimum atomic E-state index is -0.220. The number of hydrogen-bond acceptors (Lipinski definition) is 4. The predicted octanol–water partition coefficient (Wildman–Crippen LogP) is 3.07. The fraction of sp³-hybridized carbons (Fsp3) is 0.188. The van der Waals surface area contributed by atoms with Gasteiger partial charge in [-0.15, -0.1) is 0 Å². The van der Waals surface area contributed by atoms with Gasteiger partial charge in [-0.05, 0) is 30.8 Å². The van der Waals surface area contributed by atoms with Gasteiger partial charge in [-0.2, -0.15) is 0 Å². The molecule has 0 aliphatic carbocycles. The number of Topliss-reactive ketones (excluding diaryl/α,β-unsaturated/α-hetero) is 1. The van der Waals surface area contributed by atoms with Crippen molar-refractivity contribution in [1.29, 1.82) is 0 Å². The molecule has 2 aromatic carbocycles. The molecular weight excluding hydrogens is 290 g/mol. The fourth-order valence-corrected chi connectivity index (χ4v) is 2.25. The van der Waals surface area contributed by atoms with Crippen molar-refractivity contribution < 1.29 is 15.0 Å². The molecule has 2 N–H and O–H groups in total. The van der Waals surface area contributed by atoms with Crippen LogP contribution >= 0.6 is 11.6 Å². The first-order valence-corrected chi connectivity index (χ1v) is 6.82. The zero-order chi connectivity index (χ0) is 15.4. The van der Waals surface area contributed by atoms with Crippen molar-refractivity contribution in [2.45, 2.75) is 6.54 Å². The molecule has 4 nitrogen and oxygen atoms in total. The molecule has 0 saturated carbocycles. The van der Waals surface area contributed by atoms with Gasteiger partial charge in [0.2, 0.25) is 0 Å². The second-order valence-electron chi connectivity index (χ2n) is 4.89. The molecule has 0 spiro atoms. The standard InChI is InChI=1S/C16H16ClNO3/c1-18(9-11-4-2-3-5-14(11)17)10-16(21)13-7-6-12(19)8-15(13)20/h2-8,19-20H,9-10H2,1H3. The summed E-state index contributed by atoms with van der Waals surface area (Å²) >= 11 is 6.09. The summed E-state index contributed by atoms with van der Waals surface area (Å²) in [5.74, 6) is -0.512. The Kier molecular flexibility index (Phi) is 4.83. The van der Waals surface area contributed by atoms with E-state index in [4.69, 9.17) is 11.6 Å². The Morgan fingerprint density at radius 2 is 1.90 bits per heavy atom. The van der Waals surface area contributed by atoms with Crippen molar-refractivity contribution in [1.82, 2.24) is 4.90 Å². The van der Waals surface area contributed by atoms with E-state index in [9.17, 15) is 15.0 Å². The number of hydrogen-bond donors (Lipinski definition) is 2. The quantitative estimate of drug-likeness (QED) is 0.834. The Bertz CT molecular complexity index is 658. The van der Waals surface area contributed by atoms with Crippen molar-refractivity contribution in [3.05, 3.63) is 58.6 Å². The van der Waals surface area contributed by atoms with Crippen LogP contribution in [0.3, 0.4) is 0 Å². The van der Waals surface area contributed by atoms with Gasteiger partial charge in [0.15, 0.2) is 5.78 Å². The van der Waals surface area contributed by atoms with E-state index in [0.717, 1.165) is 11.6 Å². The van der Waals surface area contributed by atoms with Crippen LogP contribution in [0.4, 0.5) is 0 Å². The lowest BCUT2D eigenvalue weighted by Crippen LogP contribution is -2.25. The second-order valence-corrected chi connectivity index (χ2v) is 5.30. The molecule has 5 heteroatoms. The molecule has 0 atom stereocenters. The van der Waals surface area contributed by atoms with E-state index in [2.05, 4.69) is 0 Å². The summed E-state index contributed by atoms with van der Waals surface area (Å²) in [4.78, 5) is 14.0. The number of ketones is 1. The third-order valence-corrected chi connectivity index (χ3v) is 3.46. The Labute approximate surface area is 128 Å². The molecule has 2 rings (SSSR count). The van der Waals surface area contributed by atoms with E-state index in [1.54, 1.807) is 13.1 Å². The van der Waals surface area contributed by atoms with E-state index >= 15 is 0 Å². The number of rotatable bonds is 5. The monoisotopic (exact) mass is 305 g/mol. The highest BCUT2D eigenvalue weighted by Crippen LogP contribution is 2.23. The number of phenols is 2. The number of halogens is 1. The Hall–Kier alpha value is -2.04. The van der Waals surface area contributed by atoms with E-state index in [1.807, 2.05) is 23.1 Å². The van der Waals surface area contributed by atoms with Crippen LogP contribution in [0.15, 0.2) is 42.5 Å². The van der Waals surface area contributed by atoms with Crippen molar-refractivity contribution in [2.75, 3.05) is 13.6 Å². The van der Waals surface area contributed by atoms with Crippen molar-refractivity contribution in [3.8, 4) is 11.5 Å². The maximum Gasteiger partial charge on any atom is 0.180 e. The largest absolute Gasteiger partial charge is 0.508 e. The lowest BCUT2D eigenvalue weighted by molar-refractivity contribution is 0.0940. The first-order valence-electron chi connectivity index (χ1n) is 6.44. The zero-order valence-electron chi connectivity index (χ0n) is 11.6. The molecule has 0 heterocycles. The number of likely N-dealkylation sites (N-methyl/N-ethyl adjacent to an activating group) is 1. The smallest absolute Gasteiger partial charge is 0.180 e. The molecule has 0 unspecified atom stereocenters. The van der Waals surface area contributed by atoms with Crippen LogP contribution in [0, 0.1) is 0 Å². The summed E-state index contributed by atoms with van der Waals surface area (Å²) in [7, 11) is 1.80. The molecule has 0 fully saturated rings. The van der Waals surface area contributed by atoms with Gasteiger partial charge in [0.1, 0.15) is 11.5 Å². The van der Waals surface area contributed by atoms with Gasteiger partial charge >= 0.3 is 0 Å². The Morgan fingerprint density at radius 1 is 1.19 bits per heavy atom. The highest BCUT2D eigenvalue weighted by molar-refractivity contribution is 6.31. The molecule has 0 aliphatic rings. The topological polar surface area (TPSA) is 60.8 Å². The van der Waals surface area contributed by atoms with Crippen molar-refractivity contribution in [2.24, 2.45) is 0 Å². The van der Waals surface area contributed by atoms with Crippen LogP contribution < -0.4 is 0 Å². The van der Waals surface area contributed by atoms with Gasteiger partial charge in [-0.25, -0.2) is 0 Å². The van der Waals surface area contributed by atoms with Crippen LogP contribution in [0.25, 0.3) is 0 Å². The number of benzene rings is 2. The minimum Gasteiger partial charge on any atom is -0.508 e. The average molecular weight is 306 g/mol. The molecule has 0 bridgehead atoms. The van der Waals surface area contributed by atoms with Crippen LogP contribution in [0.5, 0.6) is 11.5 Å². The molecule has 2 aromatic rings. The summed E-state index contributed by atoms with van der Waals surface area (Å²) in [5, 5.41) is 19.6. The highest BCUT2D eigenvalue weighted by atomic mass is 35.5. The minimum absolute atomic E-state index is 0.0755. The van der Waals surface area contributed by atoms with Crippen molar-refractivity contribution in [3.63, 3.8) is 0 Å². The average Bonchev–Trinajstić information content (AvgIpc) is 2.41. The van der Waals surface area contributed by atoms with Gasteiger partial charge in [-0.3, -0.25) is 9.69 Å². The summed E-state index contributed by atoms with van der Waals surface area (Å²) in [6.07, 6.45) is 0. The van der Waals surface area contributed by atoms with Crippen LogP contribution in [-0.4, -0.2) is 34.5 Å². The van der Waals surface area contributed by atoms with Gasteiger partial charge < -0.3 is 10.2 Å². The van der Waals surface area contributed by atoms with E-state index < -0.39 is 0 Å². The first kappa shape index (κ1) is 15.4. The highest BCUT2D eigenvalue weighted by Gasteiger charge is 2.14. The normalized spacial score (nSPS) is 10.8. The summed E-state index contributed by atoms with van der Waals surface area (Å²) < 4.78 is 0. The second kappa shape index (κ2) is 6.61. The van der Waals surface area contributed by atoms with E-state index in [-0.39, 0.29) is 29.4 Å². The van der Waals surface area contributed by atoms with E-state index in [1.165, 1.54) is 12.1 Å². The molecule has 0 aromatic heterocycles. The van der Waals surface area contributed by atoms with Crippen LogP contribution in [0.2, 0.25) is 5.02 Å². The first-order chi connectivity index (χ1) is 9.97. The number of carbonyl (C=O) groups is 1.